The normalized spacial score (nSPS) is 10.5. The number of methoxy groups -OCH3 is 2. The molecule has 2 rings (SSSR count). The second-order valence-electron chi connectivity index (χ2n) is 5.28. The third-order valence-electron chi connectivity index (χ3n) is 3.67. The summed E-state index contributed by atoms with van der Waals surface area (Å²) >= 11 is 6.29. The minimum absolute atomic E-state index is 0.548. The summed E-state index contributed by atoms with van der Waals surface area (Å²) in [7, 11) is 3.31. The van der Waals surface area contributed by atoms with E-state index in [1.165, 1.54) is 5.56 Å². The summed E-state index contributed by atoms with van der Waals surface area (Å²) in [4.78, 5) is 0. The second kappa shape index (κ2) is 9.40. The number of hydrogen-bond acceptors (Lipinski definition) is 4. The Bertz CT molecular complexity index is 661. The molecule has 0 saturated heterocycles. The Hall–Kier alpha value is -1.91. The van der Waals surface area contributed by atoms with E-state index in [2.05, 4.69) is 11.4 Å². The molecule has 0 radical (unpaired) electrons. The van der Waals surface area contributed by atoms with Gasteiger partial charge in [0.15, 0.2) is 11.5 Å². The van der Waals surface area contributed by atoms with Crippen LogP contribution in [0, 0.1) is 0 Å². The van der Waals surface area contributed by atoms with Gasteiger partial charge in [0.25, 0.3) is 0 Å². The topological polar surface area (TPSA) is 39.7 Å². The Kier molecular flexibility index (Phi) is 7.22. The van der Waals surface area contributed by atoms with E-state index in [4.69, 9.17) is 25.8 Å². The molecule has 130 valence electrons. The quantitative estimate of drug-likeness (QED) is 0.692. The highest BCUT2D eigenvalue weighted by molar-refractivity contribution is 6.32. The molecular formula is C19H24ClNO3. The Morgan fingerprint density at radius 3 is 2.50 bits per heavy atom. The zero-order valence-corrected chi connectivity index (χ0v) is 15.2. The molecule has 0 aliphatic rings. The molecule has 0 spiro atoms. The molecule has 1 N–H and O–H groups in total. The zero-order valence-electron chi connectivity index (χ0n) is 14.4. The number of benzene rings is 2. The van der Waals surface area contributed by atoms with Crippen LogP contribution in [0.1, 0.15) is 18.1 Å². The van der Waals surface area contributed by atoms with Crippen molar-refractivity contribution in [2.24, 2.45) is 0 Å². The van der Waals surface area contributed by atoms with E-state index in [0.717, 1.165) is 24.3 Å². The lowest BCUT2D eigenvalue weighted by molar-refractivity contribution is 0.311. The van der Waals surface area contributed by atoms with E-state index in [1.54, 1.807) is 14.2 Å². The molecule has 2 aromatic carbocycles. The van der Waals surface area contributed by atoms with E-state index >= 15 is 0 Å². The molecule has 24 heavy (non-hydrogen) atoms. The number of hydrogen-bond donors (Lipinski definition) is 1. The van der Waals surface area contributed by atoms with E-state index in [-0.39, 0.29) is 0 Å². The van der Waals surface area contributed by atoms with Crippen molar-refractivity contribution in [3.8, 4) is 17.2 Å². The fourth-order valence-corrected chi connectivity index (χ4v) is 2.81. The molecule has 0 atom stereocenters. The lowest BCUT2D eigenvalue weighted by Crippen LogP contribution is -2.17. The van der Waals surface area contributed by atoms with Gasteiger partial charge in [-0.25, -0.2) is 0 Å². The average molecular weight is 350 g/mol. The van der Waals surface area contributed by atoms with Crippen molar-refractivity contribution in [1.82, 2.24) is 5.32 Å². The first-order valence-corrected chi connectivity index (χ1v) is 8.39. The van der Waals surface area contributed by atoms with Crippen molar-refractivity contribution < 1.29 is 14.2 Å². The summed E-state index contributed by atoms with van der Waals surface area (Å²) in [6.07, 6.45) is 0.895. The number of rotatable bonds is 9. The maximum absolute atomic E-state index is 6.29. The fraction of sp³-hybridized carbons (Fsp3) is 0.368. The third-order valence-corrected chi connectivity index (χ3v) is 3.95. The van der Waals surface area contributed by atoms with E-state index in [9.17, 15) is 0 Å². The first-order valence-electron chi connectivity index (χ1n) is 8.01. The SMILES string of the molecule is CCOc1c(Cl)cc(CNCCc2ccccc2OC)cc1OC. The van der Waals surface area contributed by atoms with Crippen LogP contribution in [0.25, 0.3) is 0 Å². The summed E-state index contributed by atoms with van der Waals surface area (Å²) < 4.78 is 16.3. The van der Waals surface area contributed by atoms with Gasteiger partial charge in [-0.15, -0.1) is 0 Å². The van der Waals surface area contributed by atoms with Crippen molar-refractivity contribution >= 4 is 11.6 Å². The highest BCUT2D eigenvalue weighted by atomic mass is 35.5. The van der Waals surface area contributed by atoms with Gasteiger partial charge < -0.3 is 19.5 Å². The van der Waals surface area contributed by atoms with Crippen LogP contribution >= 0.6 is 11.6 Å². The molecule has 0 saturated carbocycles. The summed E-state index contributed by atoms with van der Waals surface area (Å²) in [5.74, 6) is 2.18. The van der Waals surface area contributed by atoms with Gasteiger partial charge in [0.2, 0.25) is 0 Å². The van der Waals surface area contributed by atoms with Gasteiger partial charge in [-0.3, -0.25) is 0 Å². The molecule has 2 aromatic rings. The zero-order chi connectivity index (χ0) is 17.4. The third kappa shape index (κ3) is 4.79. The van der Waals surface area contributed by atoms with Crippen molar-refractivity contribution in [3.63, 3.8) is 0 Å². The lowest BCUT2D eigenvalue weighted by Gasteiger charge is -2.14. The van der Waals surface area contributed by atoms with Gasteiger partial charge in [-0.1, -0.05) is 29.8 Å². The maximum atomic E-state index is 6.29. The van der Waals surface area contributed by atoms with Crippen LogP contribution in [0.15, 0.2) is 36.4 Å². The highest BCUT2D eigenvalue weighted by Crippen LogP contribution is 2.36. The molecule has 0 aromatic heterocycles. The highest BCUT2D eigenvalue weighted by Gasteiger charge is 2.11. The second-order valence-corrected chi connectivity index (χ2v) is 5.69. The Labute approximate surface area is 148 Å². The molecule has 0 unspecified atom stereocenters. The summed E-state index contributed by atoms with van der Waals surface area (Å²) in [6, 6.07) is 11.9. The fourth-order valence-electron chi connectivity index (χ4n) is 2.52. The number of ether oxygens (including phenoxy) is 3. The van der Waals surface area contributed by atoms with E-state index in [0.29, 0.717) is 29.7 Å². The number of halogens is 1. The summed E-state index contributed by atoms with van der Waals surface area (Å²) in [6.45, 7) is 4.01. The molecule has 0 aliphatic heterocycles. The molecular weight excluding hydrogens is 326 g/mol. The monoisotopic (exact) mass is 349 g/mol. The molecule has 0 heterocycles. The van der Waals surface area contributed by atoms with Crippen molar-refractivity contribution in [2.45, 2.75) is 19.9 Å². The van der Waals surface area contributed by atoms with Crippen LogP contribution in [-0.2, 0) is 13.0 Å². The van der Waals surface area contributed by atoms with Gasteiger partial charge >= 0.3 is 0 Å². The first kappa shape index (κ1) is 18.4. The molecule has 4 nitrogen and oxygen atoms in total. The van der Waals surface area contributed by atoms with Gasteiger partial charge in [0.05, 0.1) is 25.8 Å². The number of nitrogens with one attached hydrogen (secondary N) is 1. The molecule has 5 heteroatoms. The predicted molar refractivity (Wildman–Crippen MR) is 97.6 cm³/mol. The van der Waals surface area contributed by atoms with Gasteiger partial charge in [-0.2, -0.15) is 0 Å². The van der Waals surface area contributed by atoms with Gasteiger partial charge in [0.1, 0.15) is 5.75 Å². The minimum atomic E-state index is 0.548. The summed E-state index contributed by atoms with van der Waals surface area (Å²) in [5, 5.41) is 3.99. The van der Waals surface area contributed by atoms with Crippen molar-refractivity contribution in [3.05, 3.63) is 52.5 Å². The van der Waals surface area contributed by atoms with Crippen LogP contribution in [0.4, 0.5) is 0 Å². The largest absolute Gasteiger partial charge is 0.496 e. The minimum Gasteiger partial charge on any atom is -0.496 e. The van der Waals surface area contributed by atoms with Gasteiger partial charge in [0, 0.05) is 6.54 Å². The summed E-state index contributed by atoms with van der Waals surface area (Å²) in [5.41, 5.74) is 2.25. The number of para-hydroxylation sites is 1. The Morgan fingerprint density at radius 2 is 1.79 bits per heavy atom. The van der Waals surface area contributed by atoms with Crippen molar-refractivity contribution in [1.29, 1.82) is 0 Å². The Morgan fingerprint density at radius 1 is 1.04 bits per heavy atom. The van der Waals surface area contributed by atoms with Crippen LogP contribution in [0.2, 0.25) is 5.02 Å². The predicted octanol–water partition coefficient (Wildman–Crippen LogP) is 4.09. The molecule has 0 fully saturated rings. The average Bonchev–Trinajstić information content (AvgIpc) is 2.61. The smallest absolute Gasteiger partial charge is 0.179 e. The van der Waals surface area contributed by atoms with Crippen LogP contribution in [0.3, 0.4) is 0 Å². The van der Waals surface area contributed by atoms with E-state index < -0.39 is 0 Å². The van der Waals surface area contributed by atoms with Crippen LogP contribution < -0.4 is 19.5 Å². The molecule has 0 bridgehead atoms. The van der Waals surface area contributed by atoms with Crippen molar-refractivity contribution in [2.75, 3.05) is 27.4 Å². The van der Waals surface area contributed by atoms with Crippen LogP contribution in [0.5, 0.6) is 17.2 Å². The molecule has 0 amide bonds. The standard InChI is InChI=1S/C19H24ClNO3/c1-4-24-19-16(20)11-14(12-18(19)23-3)13-21-10-9-15-7-5-6-8-17(15)22-2/h5-8,11-12,21H,4,9-10,13H2,1-3H3. The van der Waals surface area contributed by atoms with E-state index in [1.807, 2.05) is 37.3 Å². The molecule has 0 aliphatic carbocycles. The van der Waals surface area contributed by atoms with Gasteiger partial charge in [-0.05, 0) is 49.2 Å². The first-order chi connectivity index (χ1) is 11.7. The van der Waals surface area contributed by atoms with Crippen LogP contribution in [-0.4, -0.2) is 27.4 Å². The maximum Gasteiger partial charge on any atom is 0.179 e. The lowest BCUT2D eigenvalue weighted by atomic mass is 10.1. The Balaban J connectivity index is 1.93.